The molecule has 31 heavy (non-hydrogen) atoms. The van der Waals surface area contributed by atoms with Crippen LogP contribution in [0.5, 0.6) is 17.2 Å². The van der Waals surface area contributed by atoms with Crippen molar-refractivity contribution in [2.75, 3.05) is 7.11 Å². The molecule has 0 aliphatic carbocycles. The number of nitrogens with zero attached hydrogens (tertiary/aromatic N) is 2. The number of aryl methyl sites for hydroxylation is 1. The van der Waals surface area contributed by atoms with E-state index < -0.39 is 0 Å². The van der Waals surface area contributed by atoms with Crippen LogP contribution < -0.4 is 4.74 Å². The smallest absolute Gasteiger partial charge is 0.129 e. The minimum Gasteiger partial charge on any atom is -0.508 e. The number of unbranched alkanes of at least 4 members (excludes halogenated alkanes) is 1. The van der Waals surface area contributed by atoms with Crippen LogP contribution >= 0.6 is 0 Å². The predicted octanol–water partition coefficient (Wildman–Crippen LogP) is 6.08. The number of benzene rings is 2. The fourth-order valence-electron chi connectivity index (χ4n) is 3.34. The summed E-state index contributed by atoms with van der Waals surface area (Å²) in [5, 5.41) is 20.4. The van der Waals surface area contributed by atoms with Crippen molar-refractivity contribution in [3.05, 3.63) is 65.5 Å². The summed E-state index contributed by atoms with van der Waals surface area (Å²) in [4.78, 5) is 9.49. The SMILES string of the molecule is CCCCc1nc(-c2ccc(O)cc2)cc(-c2cc(CC=C(C)C)c(OC)cc2O)n1. The Kier molecular flexibility index (Phi) is 7.29. The lowest BCUT2D eigenvalue weighted by molar-refractivity contribution is 0.404. The lowest BCUT2D eigenvalue weighted by Gasteiger charge is -2.14. The van der Waals surface area contributed by atoms with Crippen molar-refractivity contribution in [1.82, 2.24) is 9.97 Å². The second kappa shape index (κ2) is 10.1. The van der Waals surface area contributed by atoms with E-state index in [4.69, 9.17) is 14.7 Å². The Morgan fingerprint density at radius 1 is 1.00 bits per heavy atom. The average Bonchev–Trinajstić information content (AvgIpc) is 2.76. The number of hydrogen-bond donors (Lipinski definition) is 2. The summed E-state index contributed by atoms with van der Waals surface area (Å²) < 4.78 is 5.48. The van der Waals surface area contributed by atoms with Gasteiger partial charge in [0.2, 0.25) is 0 Å². The molecule has 0 saturated carbocycles. The molecule has 1 aromatic heterocycles. The van der Waals surface area contributed by atoms with Gasteiger partial charge < -0.3 is 14.9 Å². The van der Waals surface area contributed by atoms with Crippen LogP contribution in [0.4, 0.5) is 0 Å². The van der Waals surface area contributed by atoms with Gasteiger partial charge in [-0.2, -0.15) is 0 Å². The molecule has 2 aromatic carbocycles. The predicted molar refractivity (Wildman–Crippen MR) is 125 cm³/mol. The maximum absolute atomic E-state index is 10.8. The molecule has 0 atom stereocenters. The molecule has 162 valence electrons. The van der Waals surface area contributed by atoms with Crippen molar-refractivity contribution in [3.63, 3.8) is 0 Å². The third kappa shape index (κ3) is 5.63. The number of ether oxygens (including phenoxy) is 1. The molecule has 0 bridgehead atoms. The van der Waals surface area contributed by atoms with Gasteiger partial charge in [-0.1, -0.05) is 25.0 Å². The first-order valence-electron chi connectivity index (χ1n) is 10.6. The van der Waals surface area contributed by atoms with E-state index in [1.165, 1.54) is 5.57 Å². The highest BCUT2D eigenvalue weighted by molar-refractivity contribution is 5.74. The molecule has 5 heteroatoms. The molecule has 1 heterocycles. The molecule has 0 fully saturated rings. The molecule has 0 aliphatic heterocycles. The van der Waals surface area contributed by atoms with Gasteiger partial charge in [-0.3, -0.25) is 0 Å². The molecule has 3 rings (SSSR count). The minimum absolute atomic E-state index is 0.120. The number of methoxy groups -OCH3 is 1. The molecule has 0 aliphatic rings. The molecular weight excluding hydrogens is 388 g/mol. The zero-order valence-corrected chi connectivity index (χ0v) is 18.6. The maximum atomic E-state index is 10.8. The van der Waals surface area contributed by atoms with Crippen LogP contribution in [0.3, 0.4) is 0 Å². The van der Waals surface area contributed by atoms with E-state index in [1.54, 1.807) is 25.3 Å². The highest BCUT2D eigenvalue weighted by atomic mass is 16.5. The molecule has 0 radical (unpaired) electrons. The van der Waals surface area contributed by atoms with Crippen LogP contribution in [0.15, 0.2) is 54.1 Å². The van der Waals surface area contributed by atoms with Crippen molar-refractivity contribution in [2.45, 2.75) is 46.5 Å². The summed E-state index contributed by atoms with van der Waals surface area (Å²) in [6, 6.07) is 12.4. The van der Waals surface area contributed by atoms with Crippen molar-refractivity contribution in [2.24, 2.45) is 0 Å². The quantitative estimate of drug-likeness (QED) is 0.434. The number of hydrogen-bond acceptors (Lipinski definition) is 5. The molecule has 0 unspecified atom stereocenters. The summed E-state index contributed by atoms with van der Waals surface area (Å²) in [5.74, 6) is 1.72. The first-order chi connectivity index (χ1) is 14.9. The zero-order chi connectivity index (χ0) is 22.4. The largest absolute Gasteiger partial charge is 0.508 e. The number of allylic oxidation sites excluding steroid dienone is 2. The van der Waals surface area contributed by atoms with Crippen LogP contribution in [-0.2, 0) is 12.8 Å². The number of phenolic OH excluding ortho intramolecular Hbond substituents is 2. The molecule has 2 N–H and O–H groups in total. The summed E-state index contributed by atoms with van der Waals surface area (Å²) >= 11 is 0. The minimum atomic E-state index is 0.120. The second-order valence-electron chi connectivity index (χ2n) is 7.87. The van der Waals surface area contributed by atoms with Crippen molar-refractivity contribution in [1.29, 1.82) is 0 Å². The van der Waals surface area contributed by atoms with E-state index in [0.717, 1.165) is 41.9 Å². The highest BCUT2D eigenvalue weighted by Crippen LogP contribution is 2.36. The first kappa shape index (κ1) is 22.3. The summed E-state index contributed by atoms with van der Waals surface area (Å²) in [5.41, 5.74) is 5.17. The topological polar surface area (TPSA) is 75.5 Å². The van der Waals surface area contributed by atoms with Crippen LogP contribution in [0, 0.1) is 0 Å². The van der Waals surface area contributed by atoms with Crippen molar-refractivity contribution >= 4 is 0 Å². The van der Waals surface area contributed by atoms with Crippen LogP contribution in [-0.4, -0.2) is 27.3 Å². The third-order valence-electron chi connectivity index (χ3n) is 5.09. The molecule has 0 saturated heterocycles. The lowest BCUT2D eigenvalue weighted by atomic mass is 10.0. The van der Waals surface area contributed by atoms with Crippen molar-refractivity contribution < 1.29 is 14.9 Å². The van der Waals surface area contributed by atoms with Gasteiger partial charge in [-0.05, 0) is 68.7 Å². The second-order valence-corrected chi connectivity index (χ2v) is 7.87. The van der Waals surface area contributed by atoms with Gasteiger partial charge >= 0.3 is 0 Å². The van der Waals surface area contributed by atoms with Gasteiger partial charge in [0.25, 0.3) is 0 Å². The monoisotopic (exact) mass is 418 g/mol. The van der Waals surface area contributed by atoms with Gasteiger partial charge in [-0.15, -0.1) is 0 Å². The van der Waals surface area contributed by atoms with Gasteiger partial charge in [0.05, 0.1) is 18.5 Å². The Morgan fingerprint density at radius 3 is 2.35 bits per heavy atom. The number of aromatic hydroxyl groups is 2. The molecule has 5 nitrogen and oxygen atoms in total. The zero-order valence-electron chi connectivity index (χ0n) is 18.6. The molecule has 0 amide bonds. The van der Waals surface area contributed by atoms with E-state index in [0.29, 0.717) is 23.4 Å². The summed E-state index contributed by atoms with van der Waals surface area (Å²) in [6.45, 7) is 6.25. The van der Waals surface area contributed by atoms with Gasteiger partial charge in [0.15, 0.2) is 0 Å². The Morgan fingerprint density at radius 2 is 1.71 bits per heavy atom. The van der Waals surface area contributed by atoms with E-state index in [9.17, 15) is 10.2 Å². The van der Waals surface area contributed by atoms with Crippen LogP contribution in [0.2, 0.25) is 0 Å². The van der Waals surface area contributed by atoms with Gasteiger partial charge in [0, 0.05) is 23.6 Å². The van der Waals surface area contributed by atoms with Crippen LogP contribution in [0.1, 0.15) is 45.0 Å². The highest BCUT2D eigenvalue weighted by Gasteiger charge is 2.15. The Bertz CT molecular complexity index is 1070. The Balaban J connectivity index is 2.13. The number of rotatable bonds is 8. The van der Waals surface area contributed by atoms with E-state index in [-0.39, 0.29) is 11.5 Å². The fraction of sp³-hybridized carbons (Fsp3) is 0.308. The van der Waals surface area contributed by atoms with Crippen molar-refractivity contribution in [3.8, 4) is 39.8 Å². The Hall–Kier alpha value is -3.34. The van der Waals surface area contributed by atoms with Gasteiger partial charge in [-0.25, -0.2) is 9.97 Å². The molecular formula is C26H30N2O3. The van der Waals surface area contributed by atoms with Gasteiger partial charge in [0.1, 0.15) is 23.1 Å². The van der Waals surface area contributed by atoms with E-state index in [2.05, 4.69) is 26.8 Å². The third-order valence-corrected chi connectivity index (χ3v) is 5.09. The average molecular weight is 419 g/mol. The number of aromatic nitrogens is 2. The first-order valence-corrected chi connectivity index (χ1v) is 10.6. The number of phenols is 2. The maximum Gasteiger partial charge on any atom is 0.129 e. The fourth-order valence-corrected chi connectivity index (χ4v) is 3.34. The van der Waals surface area contributed by atoms with Crippen LogP contribution in [0.25, 0.3) is 22.5 Å². The standard InChI is InChI=1S/C26H30N2O3/c1-5-6-7-26-27-22(18-10-12-20(29)13-11-18)15-23(28-26)21-14-19(9-8-17(2)3)25(31-4)16-24(21)30/h8,10-16,29-30H,5-7,9H2,1-4H3. The summed E-state index contributed by atoms with van der Waals surface area (Å²) in [7, 11) is 1.61. The molecule has 0 spiro atoms. The van der Waals surface area contributed by atoms with E-state index >= 15 is 0 Å². The summed E-state index contributed by atoms with van der Waals surface area (Å²) in [6.07, 6.45) is 5.63. The van der Waals surface area contributed by atoms with E-state index in [1.807, 2.05) is 24.3 Å². The normalized spacial score (nSPS) is 10.7. The lowest BCUT2D eigenvalue weighted by Crippen LogP contribution is -2.01. The molecule has 3 aromatic rings. The Labute approximate surface area is 184 Å².